The van der Waals surface area contributed by atoms with Crippen LogP contribution in [0.1, 0.15) is 210 Å². The number of hydrogen-bond acceptors (Lipinski definition) is 5. The van der Waals surface area contributed by atoms with Crippen LogP contribution in [-0.2, 0) is 0 Å². The minimum absolute atomic E-state index is 0. The van der Waals surface area contributed by atoms with Gasteiger partial charge in [-0.05, 0) is 194 Å². The van der Waals surface area contributed by atoms with Crippen LogP contribution in [0.3, 0.4) is 0 Å². The average Bonchev–Trinajstić information content (AvgIpc) is 3.45. The highest BCUT2D eigenvalue weighted by atomic mass is 15.1. The van der Waals surface area contributed by atoms with Crippen LogP contribution in [0.4, 0.5) is 0 Å². The standard InChI is InChI=1S/C9H19N.2C8H17N.C7H15N.C7H14.C6H13N.C3H8.CH4/c1-2-7-10-8-5-3-4-6-9-10;2*1-2-6-9-7-4-3-5-8-9;1-7-3-5-8(2)6-4-7;2*1-7-5-3-2-4-6-7;1-3-2;/h2-9H2,1H3;2*2-8H2,1H3;7H,3-6H2,1-2H3;7H,2-6H2,1H3;2-6H2,1H3;3H2,1-2H3;1H4. The van der Waals surface area contributed by atoms with Gasteiger partial charge in [0, 0.05) is 0 Å². The predicted molar refractivity (Wildman–Crippen MR) is 249 cm³/mol. The van der Waals surface area contributed by atoms with Gasteiger partial charge in [-0.15, -0.1) is 0 Å². The lowest BCUT2D eigenvalue weighted by Crippen LogP contribution is -2.30. The molecule has 6 fully saturated rings. The molecule has 0 N–H and O–H groups in total. The van der Waals surface area contributed by atoms with Crippen LogP contribution < -0.4 is 0 Å². The van der Waals surface area contributed by atoms with Crippen molar-refractivity contribution in [2.24, 2.45) is 11.8 Å². The largest absolute Gasteiger partial charge is 0.306 e. The number of likely N-dealkylation sites (tertiary alicyclic amines) is 5. The van der Waals surface area contributed by atoms with Crippen LogP contribution in [0.25, 0.3) is 0 Å². The van der Waals surface area contributed by atoms with E-state index in [4.69, 9.17) is 0 Å². The molecule has 0 amide bonds. The van der Waals surface area contributed by atoms with E-state index < -0.39 is 0 Å². The summed E-state index contributed by atoms with van der Waals surface area (Å²) in [5, 5.41) is 0. The van der Waals surface area contributed by atoms with E-state index in [0.29, 0.717) is 0 Å². The van der Waals surface area contributed by atoms with E-state index in [1.165, 1.54) is 239 Å². The molecule has 54 heavy (non-hydrogen) atoms. The molecule has 0 aromatic carbocycles. The fourth-order valence-electron chi connectivity index (χ4n) is 8.17. The van der Waals surface area contributed by atoms with Gasteiger partial charge in [0.1, 0.15) is 0 Å². The van der Waals surface area contributed by atoms with Gasteiger partial charge in [-0.1, -0.05) is 127 Å². The van der Waals surface area contributed by atoms with Crippen LogP contribution in [-0.4, -0.2) is 124 Å². The smallest absolute Gasteiger partial charge is 0.00187 e. The maximum absolute atomic E-state index is 2.60. The molecule has 1 aliphatic carbocycles. The molecule has 5 aliphatic heterocycles. The Morgan fingerprint density at radius 1 is 0.333 bits per heavy atom. The molecule has 5 heterocycles. The van der Waals surface area contributed by atoms with Crippen molar-refractivity contribution < 1.29 is 0 Å². The minimum atomic E-state index is 0. The topological polar surface area (TPSA) is 16.2 Å². The van der Waals surface area contributed by atoms with E-state index in [1.807, 2.05) is 0 Å². The van der Waals surface area contributed by atoms with Crippen LogP contribution >= 0.6 is 0 Å². The molecule has 0 bridgehead atoms. The second kappa shape index (κ2) is 42.4. The number of hydrogen-bond donors (Lipinski definition) is 0. The van der Waals surface area contributed by atoms with Crippen molar-refractivity contribution in [1.29, 1.82) is 0 Å². The maximum Gasteiger partial charge on any atom is -0.00187 e. The summed E-state index contributed by atoms with van der Waals surface area (Å²) in [5.41, 5.74) is 0. The Balaban J connectivity index is 0. The lowest BCUT2D eigenvalue weighted by molar-refractivity contribution is 0.229. The van der Waals surface area contributed by atoms with E-state index in [-0.39, 0.29) is 7.43 Å². The summed E-state index contributed by atoms with van der Waals surface area (Å²) >= 11 is 0. The van der Waals surface area contributed by atoms with Crippen molar-refractivity contribution in [2.45, 2.75) is 210 Å². The molecule has 6 rings (SSSR count). The van der Waals surface area contributed by atoms with E-state index in [0.717, 1.165) is 11.8 Å². The van der Waals surface area contributed by atoms with Gasteiger partial charge in [-0.3, -0.25) is 0 Å². The first-order valence-electron chi connectivity index (χ1n) is 24.3. The molecular formula is C49H107N5. The Kier molecular flexibility index (Phi) is 43.9. The molecule has 1 saturated carbocycles. The van der Waals surface area contributed by atoms with Gasteiger partial charge in [0.15, 0.2) is 0 Å². The molecule has 5 saturated heterocycles. The third-order valence-electron chi connectivity index (χ3n) is 11.7. The third-order valence-corrected chi connectivity index (χ3v) is 11.7. The highest BCUT2D eigenvalue weighted by Gasteiger charge is 2.11. The van der Waals surface area contributed by atoms with Crippen LogP contribution in [0.15, 0.2) is 0 Å². The molecular weight excluding hydrogens is 659 g/mol. The first kappa shape index (κ1) is 55.9. The molecule has 0 spiro atoms. The summed E-state index contributed by atoms with van der Waals surface area (Å²) in [4.78, 5) is 12.5. The Bertz CT molecular complexity index is 612. The minimum Gasteiger partial charge on any atom is -0.306 e. The first-order chi connectivity index (χ1) is 25.8. The predicted octanol–water partition coefficient (Wildman–Crippen LogP) is 13.1. The summed E-state index contributed by atoms with van der Waals surface area (Å²) in [6.45, 7) is 33.1. The van der Waals surface area contributed by atoms with Crippen molar-refractivity contribution in [3.63, 3.8) is 0 Å². The lowest BCUT2D eigenvalue weighted by atomic mass is 9.91. The van der Waals surface area contributed by atoms with E-state index >= 15 is 0 Å². The molecule has 328 valence electrons. The number of nitrogens with zero attached hydrogens (tertiary/aromatic N) is 5. The van der Waals surface area contributed by atoms with Crippen molar-refractivity contribution in [3.8, 4) is 0 Å². The van der Waals surface area contributed by atoms with Crippen molar-refractivity contribution in [2.75, 3.05) is 99.2 Å². The molecule has 5 heteroatoms. The zero-order valence-corrected chi connectivity index (χ0v) is 38.6. The maximum atomic E-state index is 2.60. The summed E-state index contributed by atoms with van der Waals surface area (Å²) in [7, 11) is 4.39. The molecule has 6 aliphatic rings. The van der Waals surface area contributed by atoms with Gasteiger partial charge in [0.2, 0.25) is 0 Å². The van der Waals surface area contributed by atoms with Crippen LogP contribution in [0.2, 0.25) is 0 Å². The SMILES string of the molecule is C.CC1CCCCC1.CC1CCN(C)CC1.CCC.CCCN1CCCCC1.CCCN1CCCCC1.CCCN1CCCCCC1.CN1CCCCC1. The molecule has 0 aromatic heterocycles. The second-order valence-corrected chi connectivity index (χ2v) is 17.9. The van der Waals surface area contributed by atoms with Gasteiger partial charge >= 0.3 is 0 Å². The fraction of sp³-hybridized carbons (Fsp3) is 1.00. The Morgan fingerprint density at radius 2 is 0.574 bits per heavy atom. The Hall–Kier alpha value is -0.200. The van der Waals surface area contributed by atoms with Crippen molar-refractivity contribution in [3.05, 3.63) is 0 Å². The Labute approximate surface area is 344 Å². The monoisotopic (exact) mass is 766 g/mol. The lowest BCUT2D eigenvalue weighted by Gasteiger charge is -2.26. The highest BCUT2D eigenvalue weighted by Crippen LogP contribution is 2.22. The normalized spacial score (nSPS) is 22.4. The summed E-state index contributed by atoms with van der Waals surface area (Å²) in [6, 6.07) is 0. The van der Waals surface area contributed by atoms with Crippen molar-refractivity contribution in [1.82, 2.24) is 24.5 Å². The van der Waals surface area contributed by atoms with E-state index in [1.54, 1.807) is 0 Å². The molecule has 0 atom stereocenters. The van der Waals surface area contributed by atoms with Gasteiger partial charge in [0.25, 0.3) is 0 Å². The van der Waals surface area contributed by atoms with Gasteiger partial charge < -0.3 is 24.5 Å². The van der Waals surface area contributed by atoms with Crippen LogP contribution in [0, 0.1) is 11.8 Å². The first-order valence-corrected chi connectivity index (χ1v) is 24.3. The summed E-state index contributed by atoms with van der Waals surface area (Å²) in [5.74, 6) is 2.01. The molecule has 0 unspecified atom stereocenters. The van der Waals surface area contributed by atoms with Crippen LogP contribution in [0.5, 0.6) is 0 Å². The zero-order chi connectivity index (χ0) is 39.2. The molecule has 5 nitrogen and oxygen atoms in total. The van der Waals surface area contributed by atoms with Crippen molar-refractivity contribution >= 4 is 0 Å². The third kappa shape index (κ3) is 37.4. The average molecular weight is 766 g/mol. The second-order valence-electron chi connectivity index (χ2n) is 17.9. The molecule has 0 aromatic rings. The molecule has 0 radical (unpaired) electrons. The van der Waals surface area contributed by atoms with E-state index in [2.05, 4.69) is 87.1 Å². The van der Waals surface area contributed by atoms with E-state index in [9.17, 15) is 0 Å². The quantitative estimate of drug-likeness (QED) is 0.267. The van der Waals surface area contributed by atoms with Gasteiger partial charge in [-0.25, -0.2) is 0 Å². The Morgan fingerprint density at radius 3 is 0.796 bits per heavy atom. The summed E-state index contributed by atoms with van der Waals surface area (Å²) in [6.07, 6.45) is 34.1. The summed E-state index contributed by atoms with van der Waals surface area (Å²) < 4.78 is 0. The highest BCUT2D eigenvalue weighted by molar-refractivity contribution is 4.66. The fourth-order valence-corrected chi connectivity index (χ4v) is 8.17. The number of piperidine rings is 4. The number of rotatable bonds is 6. The van der Waals surface area contributed by atoms with Gasteiger partial charge in [-0.2, -0.15) is 0 Å². The zero-order valence-electron chi connectivity index (χ0n) is 38.6. The van der Waals surface area contributed by atoms with Gasteiger partial charge in [0.05, 0.1) is 0 Å².